The second-order valence-corrected chi connectivity index (χ2v) is 5.55. The van der Waals surface area contributed by atoms with Gasteiger partial charge in [-0.3, -0.25) is 4.79 Å². The Hall–Kier alpha value is -1.46. The smallest absolute Gasteiger partial charge is 0.223 e. The number of ether oxygens (including phenoxy) is 1. The number of carbonyl (C=O) groups is 1. The van der Waals surface area contributed by atoms with E-state index >= 15 is 0 Å². The fraction of sp³-hybridized carbons (Fsp3) is 0.562. The Labute approximate surface area is 124 Å². The van der Waals surface area contributed by atoms with E-state index in [4.69, 9.17) is 4.74 Å². The van der Waals surface area contributed by atoms with Crippen molar-refractivity contribution in [3.63, 3.8) is 0 Å². The van der Waals surface area contributed by atoms with Crippen LogP contribution < -0.4 is 5.32 Å². The Kier molecular flexibility index (Phi) is 5.70. The van der Waals surface area contributed by atoms with E-state index in [0.717, 1.165) is 12.8 Å². The van der Waals surface area contributed by atoms with Gasteiger partial charge in [-0.15, -0.1) is 0 Å². The Morgan fingerprint density at radius 2 is 2.00 bits per heavy atom. The minimum atomic E-state index is -0.823. The normalized spacial score (nSPS) is 19.0. The van der Waals surface area contributed by atoms with Crippen LogP contribution >= 0.6 is 0 Å². The number of carbonyl (C=O) groups excluding carboxylic acids is 1. The molecule has 116 valence electrons. The second kappa shape index (κ2) is 7.52. The molecular weight excluding hydrogens is 273 g/mol. The Morgan fingerprint density at radius 1 is 1.38 bits per heavy atom. The quantitative estimate of drug-likeness (QED) is 0.874. The molecule has 2 unspecified atom stereocenters. The third-order valence-corrected chi connectivity index (χ3v) is 4.11. The van der Waals surface area contributed by atoms with Gasteiger partial charge in [-0.1, -0.05) is 19.1 Å². The fourth-order valence-corrected chi connectivity index (χ4v) is 2.59. The van der Waals surface area contributed by atoms with Gasteiger partial charge in [0.15, 0.2) is 0 Å². The SMILES string of the molecule is CC(C(=O)NCC(O)c1ccc(F)cc1)C1CCOCC1. The van der Waals surface area contributed by atoms with Crippen LogP contribution in [0.5, 0.6) is 0 Å². The summed E-state index contributed by atoms with van der Waals surface area (Å²) in [5, 5.41) is 12.8. The molecule has 1 amide bonds. The van der Waals surface area contributed by atoms with Crippen molar-refractivity contribution in [3.05, 3.63) is 35.6 Å². The highest BCUT2D eigenvalue weighted by atomic mass is 19.1. The van der Waals surface area contributed by atoms with Gasteiger partial charge in [0.1, 0.15) is 5.82 Å². The molecule has 2 rings (SSSR count). The average molecular weight is 295 g/mol. The van der Waals surface area contributed by atoms with Crippen molar-refractivity contribution in [1.29, 1.82) is 0 Å². The largest absolute Gasteiger partial charge is 0.387 e. The number of hydrogen-bond acceptors (Lipinski definition) is 3. The number of nitrogens with one attached hydrogen (secondary N) is 1. The van der Waals surface area contributed by atoms with Crippen LogP contribution in [0.25, 0.3) is 0 Å². The predicted octanol–water partition coefficient (Wildman–Crippen LogP) is 2.04. The zero-order chi connectivity index (χ0) is 15.2. The number of rotatable bonds is 5. The van der Waals surface area contributed by atoms with Gasteiger partial charge >= 0.3 is 0 Å². The monoisotopic (exact) mass is 295 g/mol. The molecule has 0 saturated carbocycles. The van der Waals surface area contributed by atoms with Crippen molar-refractivity contribution in [2.75, 3.05) is 19.8 Å². The maximum atomic E-state index is 12.8. The highest BCUT2D eigenvalue weighted by molar-refractivity contribution is 5.78. The highest BCUT2D eigenvalue weighted by Crippen LogP contribution is 2.23. The topological polar surface area (TPSA) is 58.6 Å². The molecule has 1 saturated heterocycles. The third-order valence-electron chi connectivity index (χ3n) is 4.11. The van der Waals surface area contributed by atoms with E-state index in [1.807, 2.05) is 6.92 Å². The molecule has 1 aromatic carbocycles. The van der Waals surface area contributed by atoms with Gasteiger partial charge in [-0.25, -0.2) is 4.39 Å². The van der Waals surface area contributed by atoms with Gasteiger partial charge in [0, 0.05) is 25.7 Å². The molecule has 4 nitrogen and oxygen atoms in total. The van der Waals surface area contributed by atoms with Crippen LogP contribution in [-0.2, 0) is 9.53 Å². The van der Waals surface area contributed by atoms with Crippen LogP contribution in [-0.4, -0.2) is 30.8 Å². The first kappa shape index (κ1) is 15.9. The van der Waals surface area contributed by atoms with Gasteiger partial charge in [0.05, 0.1) is 6.10 Å². The molecule has 1 heterocycles. The molecule has 2 N–H and O–H groups in total. The van der Waals surface area contributed by atoms with E-state index in [1.165, 1.54) is 24.3 Å². The van der Waals surface area contributed by atoms with E-state index in [2.05, 4.69) is 5.32 Å². The summed E-state index contributed by atoms with van der Waals surface area (Å²) in [4.78, 5) is 12.1. The first-order valence-electron chi connectivity index (χ1n) is 7.37. The zero-order valence-corrected chi connectivity index (χ0v) is 12.2. The predicted molar refractivity (Wildman–Crippen MR) is 77.1 cm³/mol. The number of amides is 1. The summed E-state index contributed by atoms with van der Waals surface area (Å²) < 4.78 is 18.1. The van der Waals surface area contributed by atoms with Crippen molar-refractivity contribution in [3.8, 4) is 0 Å². The van der Waals surface area contributed by atoms with E-state index in [1.54, 1.807) is 0 Å². The Bertz CT molecular complexity index is 457. The average Bonchev–Trinajstić information content (AvgIpc) is 2.53. The number of aliphatic hydroxyl groups is 1. The zero-order valence-electron chi connectivity index (χ0n) is 12.2. The molecule has 1 aliphatic heterocycles. The van der Waals surface area contributed by atoms with E-state index < -0.39 is 6.10 Å². The highest BCUT2D eigenvalue weighted by Gasteiger charge is 2.26. The first-order valence-corrected chi connectivity index (χ1v) is 7.37. The van der Waals surface area contributed by atoms with E-state index in [-0.39, 0.29) is 24.2 Å². The molecule has 0 aliphatic carbocycles. The van der Waals surface area contributed by atoms with Gasteiger partial charge in [0.2, 0.25) is 5.91 Å². The van der Waals surface area contributed by atoms with Crippen LogP contribution in [0.2, 0.25) is 0 Å². The molecule has 1 aliphatic rings. The Balaban J connectivity index is 1.81. The molecule has 0 aromatic heterocycles. The lowest BCUT2D eigenvalue weighted by molar-refractivity contribution is -0.127. The summed E-state index contributed by atoms with van der Waals surface area (Å²) in [6.07, 6.45) is 0.973. The maximum Gasteiger partial charge on any atom is 0.223 e. The van der Waals surface area contributed by atoms with Crippen molar-refractivity contribution < 1.29 is 19.0 Å². The molecule has 5 heteroatoms. The summed E-state index contributed by atoms with van der Waals surface area (Å²) in [5.41, 5.74) is 0.593. The lowest BCUT2D eigenvalue weighted by Gasteiger charge is -2.27. The fourth-order valence-electron chi connectivity index (χ4n) is 2.59. The lowest BCUT2D eigenvalue weighted by Crippen LogP contribution is -2.37. The molecule has 1 aromatic rings. The molecule has 0 bridgehead atoms. The van der Waals surface area contributed by atoms with Crippen molar-refractivity contribution in [1.82, 2.24) is 5.32 Å². The molecule has 2 atom stereocenters. The van der Waals surface area contributed by atoms with E-state index in [0.29, 0.717) is 24.7 Å². The van der Waals surface area contributed by atoms with Gasteiger partial charge in [-0.2, -0.15) is 0 Å². The lowest BCUT2D eigenvalue weighted by atomic mass is 9.87. The molecule has 21 heavy (non-hydrogen) atoms. The molecule has 1 fully saturated rings. The van der Waals surface area contributed by atoms with Crippen molar-refractivity contribution in [2.24, 2.45) is 11.8 Å². The minimum Gasteiger partial charge on any atom is -0.387 e. The first-order chi connectivity index (χ1) is 10.1. The van der Waals surface area contributed by atoms with Crippen LogP contribution in [0.4, 0.5) is 4.39 Å². The summed E-state index contributed by atoms with van der Waals surface area (Å²) in [7, 11) is 0. The summed E-state index contributed by atoms with van der Waals surface area (Å²) in [6, 6.07) is 5.64. The maximum absolute atomic E-state index is 12.8. The van der Waals surface area contributed by atoms with E-state index in [9.17, 15) is 14.3 Å². The second-order valence-electron chi connectivity index (χ2n) is 5.55. The van der Waals surface area contributed by atoms with Crippen LogP contribution in [0.15, 0.2) is 24.3 Å². The van der Waals surface area contributed by atoms with Crippen LogP contribution in [0.3, 0.4) is 0 Å². The number of hydrogen-bond donors (Lipinski definition) is 2. The molecule has 0 spiro atoms. The van der Waals surface area contributed by atoms with Crippen molar-refractivity contribution in [2.45, 2.75) is 25.9 Å². The standard InChI is InChI=1S/C16H22FNO3/c1-11(12-6-8-21-9-7-12)16(20)18-10-15(19)13-2-4-14(17)5-3-13/h2-5,11-12,15,19H,6-10H2,1H3,(H,18,20). The molecular formula is C16H22FNO3. The number of halogens is 1. The number of aliphatic hydroxyl groups excluding tert-OH is 1. The minimum absolute atomic E-state index is 0.0527. The Morgan fingerprint density at radius 3 is 2.62 bits per heavy atom. The van der Waals surface area contributed by atoms with Gasteiger partial charge in [-0.05, 0) is 36.5 Å². The summed E-state index contributed by atoms with van der Waals surface area (Å²) >= 11 is 0. The summed E-state index contributed by atoms with van der Waals surface area (Å²) in [6.45, 7) is 3.47. The summed E-state index contributed by atoms with van der Waals surface area (Å²) in [5.74, 6) is -0.151. The third kappa shape index (κ3) is 4.51. The van der Waals surface area contributed by atoms with Gasteiger partial charge < -0.3 is 15.2 Å². The number of benzene rings is 1. The van der Waals surface area contributed by atoms with Crippen molar-refractivity contribution >= 4 is 5.91 Å². The van der Waals surface area contributed by atoms with Crippen LogP contribution in [0.1, 0.15) is 31.4 Å². The van der Waals surface area contributed by atoms with Gasteiger partial charge in [0.25, 0.3) is 0 Å². The molecule has 0 radical (unpaired) electrons. The van der Waals surface area contributed by atoms with Crippen LogP contribution in [0, 0.1) is 17.7 Å².